The predicted molar refractivity (Wildman–Crippen MR) is 143 cm³/mol. The van der Waals surface area contributed by atoms with E-state index in [1.807, 2.05) is 0 Å². The van der Waals surface area contributed by atoms with Crippen LogP contribution < -0.4 is 10.2 Å². The molecule has 0 spiro atoms. The fourth-order valence-electron chi connectivity index (χ4n) is 5.07. The molecule has 10 atom stereocenters. The number of fused-ring (bicyclic) bond motifs is 1. The zero-order valence-corrected chi connectivity index (χ0v) is 22.8. The van der Waals surface area contributed by atoms with Crippen molar-refractivity contribution in [2.45, 2.75) is 61.4 Å². The quantitative estimate of drug-likeness (QED) is 0.114. The van der Waals surface area contributed by atoms with Crippen molar-refractivity contribution in [1.82, 2.24) is 0 Å². The van der Waals surface area contributed by atoms with Gasteiger partial charge in [0.15, 0.2) is 29.3 Å². The van der Waals surface area contributed by atoms with E-state index in [1.54, 1.807) is 0 Å². The van der Waals surface area contributed by atoms with Gasteiger partial charge in [-0.1, -0.05) is 0 Å². The standard InChI is InChI=1S/C27H30O18/c28-5-13-17(35)19(37)21(39)26(42-13)44-24-14(6-29)43-27(22(40)20(24)38)45-25-18(36)15-9(31)3-8(30)4-12(15)41-23(25)7-1-10(32)16(34)11(33)2-7/h1-4,13-14,17,19-22,24,26-35,37-40H,5-6H2/t13-,14-,17+,19+,20-,21-,22-,24+,26+,27+/m1/s1. The van der Waals surface area contributed by atoms with E-state index in [9.17, 15) is 66.1 Å². The molecule has 45 heavy (non-hydrogen) atoms. The zero-order valence-electron chi connectivity index (χ0n) is 22.8. The van der Waals surface area contributed by atoms with Crippen LogP contribution in [0.5, 0.6) is 34.5 Å². The molecule has 2 aliphatic heterocycles. The lowest BCUT2D eigenvalue weighted by Crippen LogP contribution is -2.65. The van der Waals surface area contributed by atoms with Gasteiger partial charge in [0.1, 0.15) is 71.3 Å². The number of rotatable bonds is 7. The predicted octanol–water partition coefficient (Wildman–Crippen LogP) is -3.01. The van der Waals surface area contributed by atoms with E-state index in [2.05, 4.69) is 0 Å². The van der Waals surface area contributed by atoms with E-state index in [1.165, 1.54) is 0 Å². The van der Waals surface area contributed by atoms with Crippen molar-refractivity contribution in [3.8, 4) is 45.8 Å². The minimum absolute atomic E-state index is 0.284. The van der Waals surface area contributed by atoms with Gasteiger partial charge in [0.05, 0.1) is 13.2 Å². The molecule has 0 saturated carbocycles. The van der Waals surface area contributed by atoms with Crippen LogP contribution in [-0.2, 0) is 14.2 Å². The molecule has 3 aromatic rings. The summed E-state index contributed by atoms with van der Waals surface area (Å²) < 4.78 is 27.6. The van der Waals surface area contributed by atoms with Crippen molar-refractivity contribution in [2.75, 3.05) is 13.2 Å². The van der Waals surface area contributed by atoms with Crippen LogP contribution in [0.25, 0.3) is 22.3 Å². The smallest absolute Gasteiger partial charge is 0.239 e. The van der Waals surface area contributed by atoms with Gasteiger partial charge >= 0.3 is 0 Å². The van der Waals surface area contributed by atoms with Gasteiger partial charge in [-0.15, -0.1) is 0 Å². The molecule has 0 bridgehead atoms. The fourth-order valence-corrected chi connectivity index (χ4v) is 5.07. The minimum Gasteiger partial charge on any atom is -0.508 e. The number of ether oxygens (including phenoxy) is 4. The maximum atomic E-state index is 13.6. The molecule has 2 aliphatic rings. The summed E-state index contributed by atoms with van der Waals surface area (Å²) in [5.41, 5.74) is -1.80. The second-order valence-electron chi connectivity index (χ2n) is 10.4. The molecular weight excluding hydrogens is 612 g/mol. The molecule has 2 saturated heterocycles. The summed E-state index contributed by atoms with van der Waals surface area (Å²) in [5, 5.41) is 121. The summed E-state index contributed by atoms with van der Waals surface area (Å²) in [6, 6.07) is 3.51. The van der Waals surface area contributed by atoms with Crippen LogP contribution in [-0.4, -0.2) is 136 Å². The molecule has 0 aliphatic carbocycles. The third-order valence-electron chi connectivity index (χ3n) is 7.44. The van der Waals surface area contributed by atoms with Gasteiger partial charge in [-0.05, 0) is 12.1 Å². The Balaban J connectivity index is 1.51. The summed E-state index contributed by atoms with van der Waals surface area (Å²) in [4.78, 5) is 13.6. The van der Waals surface area contributed by atoms with Crippen LogP contribution in [0.3, 0.4) is 0 Å². The number of aliphatic hydroxyl groups excluding tert-OH is 7. The van der Waals surface area contributed by atoms with Crippen molar-refractivity contribution in [1.29, 1.82) is 0 Å². The number of aromatic hydroxyl groups is 5. The first-order valence-electron chi connectivity index (χ1n) is 13.3. The van der Waals surface area contributed by atoms with Gasteiger partial charge in [0.2, 0.25) is 17.5 Å². The Bertz CT molecular complexity index is 1580. The summed E-state index contributed by atoms with van der Waals surface area (Å²) in [6.45, 7) is -1.72. The molecule has 0 amide bonds. The molecule has 246 valence electrons. The third-order valence-corrected chi connectivity index (χ3v) is 7.44. The van der Waals surface area contributed by atoms with Crippen LogP contribution in [0.2, 0.25) is 0 Å². The van der Waals surface area contributed by atoms with Crippen LogP contribution >= 0.6 is 0 Å². The first kappa shape index (κ1) is 32.4. The molecule has 0 unspecified atom stereocenters. The van der Waals surface area contributed by atoms with E-state index >= 15 is 0 Å². The van der Waals surface area contributed by atoms with Crippen molar-refractivity contribution in [3.63, 3.8) is 0 Å². The van der Waals surface area contributed by atoms with Crippen LogP contribution in [0.4, 0.5) is 0 Å². The molecule has 12 N–H and O–H groups in total. The SMILES string of the molecule is O=c1c(O[C@@H]2O[C@H](CO)[C@H](O[C@@H]3O[C@H](CO)[C@H](O)[C@H](O)[C@H]3O)[C@H](O)[C@H]2O)c(-c2cc(O)c(O)c(O)c2)oc2cc(O)cc(O)c12. The molecule has 5 rings (SSSR count). The first-order chi connectivity index (χ1) is 21.3. The van der Waals surface area contributed by atoms with Crippen LogP contribution in [0.15, 0.2) is 33.5 Å². The van der Waals surface area contributed by atoms with Gasteiger partial charge in [-0.25, -0.2) is 0 Å². The van der Waals surface area contributed by atoms with Crippen molar-refractivity contribution >= 4 is 11.0 Å². The summed E-state index contributed by atoms with van der Waals surface area (Å²) in [5.74, 6) is -5.28. The summed E-state index contributed by atoms with van der Waals surface area (Å²) in [6.07, 6.45) is -18.0. The van der Waals surface area contributed by atoms with Crippen LogP contribution in [0.1, 0.15) is 0 Å². The lowest BCUT2D eigenvalue weighted by atomic mass is 9.97. The summed E-state index contributed by atoms with van der Waals surface area (Å²) >= 11 is 0. The van der Waals surface area contributed by atoms with E-state index in [4.69, 9.17) is 23.4 Å². The number of phenols is 5. The second-order valence-corrected chi connectivity index (χ2v) is 10.4. The molecular formula is C27H30O18. The molecule has 18 nitrogen and oxygen atoms in total. The molecule has 2 aromatic carbocycles. The average molecular weight is 643 g/mol. The average Bonchev–Trinajstić information content (AvgIpc) is 2.99. The Morgan fingerprint density at radius 2 is 1.29 bits per heavy atom. The van der Waals surface area contributed by atoms with Gasteiger partial charge < -0.3 is 84.6 Å². The molecule has 18 heteroatoms. The summed E-state index contributed by atoms with van der Waals surface area (Å²) in [7, 11) is 0. The van der Waals surface area contributed by atoms with E-state index in [-0.39, 0.29) is 5.56 Å². The van der Waals surface area contributed by atoms with Crippen molar-refractivity contribution in [2.24, 2.45) is 0 Å². The van der Waals surface area contributed by atoms with E-state index in [0.717, 1.165) is 24.3 Å². The number of aliphatic hydroxyl groups is 7. The van der Waals surface area contributed by atoms with E-state index < -0.39 is 131 Å². The highest BCUT2D eigenvalue weighted by molar-refractivity contribution is 5.88. The fraction of sp³-hybridized carbons (Fsp3) is 0.444. The first-order valence-corrected chi connectivity index (χ1v) is 13.3. The lowest BCUT2D eigenvalue weighted by molar-refractivity contribution is -0.352. The third kappa shape index (κ3) is 5.79. The maximum Gasteiger partial charge on any atom is 0.239 e. The maximum absolute atomic E-state index is 13.6. The minimum atomic E-state index is -2.10. The Morgan fingerprint density at radius 3 is 1.91 bits per heavy atom. The Kier molecular flexibility index (Phi) is 8.97. The molecule has 3 heterocycles. The molecule has 0 radical (unpaired) electrons. The zero-order chi connectivity index (χ0) is 32.9. The number of phenolic OH excluding ortho intramolecular Hbond substituents is 5. The van der Waals surface area contributed by atoms with Crippen molar-refractivity contribution in [3.05, 3.63) is 34.5 Å². The molecule has 2 fully saturated rings. The van der Waals surface area contributed by atoms with Gasteiger partial charge in [0.25, 0.3) is 0 Å². The van der Waals surface area contributed by atoms with E-state index in [0.29, 0.717) is 0 Å². The highest BCUT2D eigenvalue weighted by Gasteiger charge is 2.51. The highest BCUT2D eigenvalue weighted by Crippen LogP contribution is 2.43. The normalized spacial score (nSPS) is 32.1. The van der Waals surface area contributed by atoms with Gasteiger partial charge in [-0.2, -0.15) is 0 Å². The Labute approximate surface area is 250 Å². The Morgan fingerprint density at radius 1 is 0.689 bits per heavy atom. The number of hydrogen-bond donors (Lipinski definition) is 12. The molecule has 1 aromatic heterocycles. The Hall–Kier alpha value is -3.95. The van der Waals surface area contributed by atoms with Crippen LogP contribution in [0, 0.1) is 0 Å². The lowest BCUT2D eigenvalue weighted by Gasteiger charge is -2.45. The topological polar surface area (TPSA) is 310 Å². The number of hydrogen-bond acceptors (Lipinski definition) is 18. The second kappa shape index (κ2) is 12.4. The largest absolute Gasteiger partial charge is 0.508 e. The number of benzene rings is 2. The van der Waals surface area contributed by atoms with Gasteiger partial charge in [-0.3, -0.25) is 4.79 Å². The monoisotopic (exact) mass is 642 g/mol. The van der Waals surface area contributed by atoms with Crippen molar-refractivity contribution < 1.29 is 84.6 Å². The highest BCUT2D eigenvalue weighted by atomic mass is 16.7. The van der Waals surface area contributed by atoms with Gasteiger partial charge in [0, 0.05) is 17.7 Å².